The van der Waals surface area contributed by atoms with E-state index in [0.717, 1.165) is 19.5 Å². The minimum atomic E-state index is -4.84. The van der Waals surface area contributed by atoms with Gasteiger partial charge in [0.25, 0.3) is 0 Å². The standard InChI is InChI=1S/C21H19ClF3N5O3/c22-14-9-12(5-6-16(14)33-21(23,24)25)15(10-30-7-2-8-30)29-19-13-3-1-4-17(32-20(26)31)18(13)27-11-28-19/h1,3-6,9,11,15H,2,7-8,10H2,(H2,26,31)(H,27,28,29)/t15-/m1/s1. The number of hydrogen-bond donors (Lipinski definition) is 2. The SMILES string of the molecule is NC(=O)Oc1cccc2c(N[C@H](CN3CCC3)c3ccc(OC(F)(F)F)c(Cl)c3)ncnc12. The van der Waals surface area contributed by atoms with Crippen molar-refractivity contribution >= 4 is 34.4 Å². The molecule has 8 nitrogen and oxygen atoms in total. The number of nitrogens with zero attached hydrogens (tertiary/aromatic N) is 3. The van der Waals surface area contributed by atoms with Crippen molar-refractivity contribution in [3.8, 4) is 11.5 Å². The van der Waals surface area contributed by atoms with E-state index >= 15 is 0 Å². The van der Waals surface area contributed by atoms with Crippen LogP contribution in [0.4, 0.5) is 23.8 Å². The number of anilines is 1. The quantitative estimate of drug-likeness (QED) is 0.512. The lowest BCUT2D eigenvalue weighted by Gasteiger charge is -2.35. The lowest BCUT2D eigenvalue weighted by atomic mass is 10.0. The summed E-state index contributed by atoms with van der Waals surface area (Å²) in [6.45, 7) is 2.38. The molecule has 0 unspecified atom stereocenters. The fraction of sp³-hybridized carbons (Fsp3) is 0.286. The zero-order valence-corrected chi connectivity index (χ0v) is 17.9. The fourth-order valence-electron chi connectivity index (χ4n) is 3.53. The molecular formula is C21H19ClF3N5O3. The molecule has 12 heteroatoms. The van der Waals surface area contributed by atoms with Gasteiger partial charge in [-0.05, 0) is 49.3 Å². The molecule has 1 saturated heterocycles. The number of hydrogen-bond acceptors (Lipinski definition) is 7. The molecule has 0 saturated carbocycles. The average Bonchev–Trinajstić information content (AvgIpc) is 2.70. The second-order valence-electron chi connectivity index (χ2n) is 7.38. The molecule has 0 spiro atoms. The number of para-hydroxylation sites is 1. The maximum Gasteiger partial charge on any atom is 0.573 e. The zero-order chi connectivity index (χ0) is 23.6. The maximum atomic E-state index is 12.6. The van der Waals surface area contributed by atoms with Crippen LogP contribution >= 0.6 is 11.6 Å². The molecule has 174 valence electrons. The van der Waals surface area contributed by atoms with E-state index in [9.17, 15) is 18.0 Å². The summed E-state index contributed by atoms with van der Waals surface area (Å²) in [5, 5.41) is 3.74. The molecule has 33 heavy (non-hydrogen) atoms. The van der Waals surface area contributed by atoms with E-state index in [2.05, 4.69) is 24.9 Å². The highest BCUT2D eigenvalue weighted by atomic mass is 35.5. The first-order valence-corrected chi connectivity index (χ1v) is 10.3. The van der Waals surface area contributed by atoms with E-state index in [4.69, 9.17) is 22.1 Å². The van der Waals surface area contributed by atoms with E-state index < -0.39 is 18.2 Å². The van der Waals surface area contributed by atoms with Gasteiger partial charge < -0.3 is 25.4 Å². The van der Waals surface area contributed by atoms with Gasteiger partial charge in [-0.25, -0.2) is 14.8 Å². The molecule has 1 amide bonds. The molecule has 1 aromatic heterocycles. The van der Waals surface area contributed by atoms with Crippen LogP contribution in [0.25, 0.3) is 10.9 Å². The summed E-state index contributed by atoms with van der Waals surface area (Å²) in [7, 11) is 0. The number of aromatic nitrogens is 2. The number of benzene rings is 2. The van der Waals surface area contributed by atoms with Crippen molar-refractivity contribution in [2.24, 2.45) is 5.73 Å². The third kappa shape index (κ3) is 5.55. The number of fused-ring (bicyclic) bond motifs is 1. The van der Waals surface area contributed by atoms with Crippen LogP contribution in [0.2, 0.25) is 5.02 Å². The Labute approximate surface area is 191 Å². The molecule has 1 aliphatic heterocycles. The van der Waals surface area contributed by atoms with Gasteiger partial charge in [0, 0.05) is 11.9 Å². The molecule has 2 heterocycles. The van der Waals surface area contributed by atoms with Gasteiger partial charge in [0.2, 0.25) is 0 Å². The van der Waals surface area contributed by atoms with E-state index in [1.165, 1.54) is 24.5 Å². The zero-order valence-electron chi connectivity index (χ0n) is 17.1. The molecule has 2 aromatic carbocycles. The highest BCUT2D eigenvalue weighted by molar-refractivity contribution is 6.32. The number of primary amides is 1. The molecule has 0 aliphatic carbocycles. The molecule has 3 aromatic rings. The van der Waals surface area contributed by atoms with Crippen molar-refractivity contribution in [2.45, 2.75) is 18.8 Å². The summed E-state index contributed by atoms with van der Waals surface area (Å²) in [5.74, 6) is 0.157. The summed E-state index contributed by atoms with van der Waals surface area (Å²) >= 11 is 6.08. The molecule has 3 N–H and O–H groups in total. The Balaban J connectivity index is 1.67. The summed E-state index contributed by atoms with van der Waals surface area (Å²) in [6.07, 6.45) is -3.44. The van der Waals surface area contributed by atoms with Crippen LogP contribution in [0, 0.1) is 0 Å². The third-order valence-electron chi connectivity index (χ3n) is 5.12. The van der Waals surface area contributed by atoms with Crippen LogP contribution in [0.3, 0.4) is 0 Å². The van der Waals surface area contributed by atoms with Gasteiger partial charge in [-0.15, -0.1) is 13.2 Å². The number of amides is 1. The lowest BCUT2D eigenvalue weighted by molar-refractivity contribution is -0.274. The fourth-order valence-corrected chi connectivity index (χ4v) is 3.76. The Morgan fingerprint density at radius 1 is 1.21 bits per heavy atom. The smallest absolute Gasteiger partial charge is 0.408 e. The second kappa shape index (κ2) is 9.28. The van der Waals surface area contributed by atoms with Gasteiger partial charge in [0.1, 0.15) is 23.4 Å². The van der Waals surface area contributed by atoms with Crippen molar-refractivity contribution in [1.29, 1.82) is 0 Å². The average molecular weight is 482 g/mol. The van der Waals surface area contributed by atoms with Crippen LogP contribution < -0.4 is 20.5 Å². The normalized spacial score (nSPS) is 15.0. The largest absolute Gasteiger partial charge is 0.573 e. The summed E-state index contributed by atoms with van der Waals surface area (Å²) in [6, 6.07) is 8.76. The van der Waals surface area contributed by atoms with E-state index in [1.807, 2.05) is 0 Å². The molecule has 4 rings (SSSR count). The minimum Gasteiger partial charge on any atom is -0.408 e. The first kappa shape index (κ1) is 22.9. The predicted octanol–water partition coefficient (Wildman–Crippen LogP) is 4.50. The van der Waals surface area contributed by atoms with Crippen molar-refractivity contribution < 1.29 is 27.4 Å². The van der Waals surface area contributed by atoms with Crippen LogP contribution in [-0.2, 0) is 0 Å². The van der Waals surface area contributed by atoms with Gasteiger partial charge in [0.15, 0.2) is 5.75 Å². The van der Waals surface area contributed by atoms with Gasteiger partial charge in [-0.1, -0.05) is 23.7 Å². The number of rotatable bonds is 7. The van der Waals surface area contributed by atoms with Gasteiger partial charge in [-0.3, -0.25) is 0 Å². The number of ether oxygens (including phenoxy) is 2. The number of carbonyl (C=O) groups is 1. The number of likely N-dealkylation sites (tertiary alicyclic amines) is 1. The van der Waals surface area contributed by atoms with Gasteiger partial charge in [-0.2, -0.15) is 0 Å². The Bertz CT molecular complexity index is 1170. The number of nitrogens with two attached hydrogens (primary N) is 1. The van der Waals surface area contributed by atoms with Gasteiger partial charge >= 0.3 is 12.5 Å². The monoisotopic (exact) mass is 481 g/mol. The molecule has 1 atom stereocenters. The van der Waals surface area contributed by atoms with Crippen molar-refractivity contribution in [1.82, 2.24) is 14.9 Å². The lowest BCUT2D eigenvalue weighted by Crippen LogP contribution is -2.41. The Morgan fingerprint density at radius 3 is 2.64 bits per heavy atom. The third-order valence-corrected chi connectivity index (χ3v) is 5.42. The maximum absolute atomic E-state index is 12.6. The molecule has 1 fully saturated rings. The summed E-state index contributed by atoms with van der Waals surface area (Å²) in [4.78, 5) is 21.9. The molecule has 0 radical (unpaired) electrons. The molecular weight excluding hydrogens is 463 g/mol. The topological polar surface area (TPSA) is 103 Å². The molecule has 0 bridgehead atoms. The van der Waals surface area contributed by atoms with Crippen molar-refractivity contribution in [2.75, 3.05) is 25.0 Å². The minimum absolute atomic E-state index is 0.162. The van der Waals surface area contributed by atoms with Crippen LogP contribution in [0.1, 0.15) is 18.0 Å². The highest BCUT2D eigenvalue weighted by Gasteiger charge is 2.32. The van der Waals surface area contributed by atoms with E-state index in [1.54, 1.807) is 18.2 Å². The van der Waals surface area contributed by atoms with Crippen LogP contribution in [0.5, 0.6) is 11.5 Å². The van der Waals surface area contributed by atoms with E-state index in [-0.39, 0.29) is 16.8 Å². The predicted molar refractivity (Wildman–Crippen MR) is 115 cm³/mol. The Morgan fingerprint density at radius 2 is 2.00 bits per heavy atom. The second-order valence-corrected chi connectivity index (χ2v) is 7.79. The first-order valence-electron chi connectivity index (χ1n) is 9.95. The Hall–Kier alpha value is -3.31. The van der Waals surface area contributed by atoms with Crippen LogP contribution in [-0.4, -0.2) is 47.0 Å². The number of nitrogens with one attached hydrogen (secondary N) is 1. The van der Waals surface area contributed by atoms with Crippen LogP contribution in [0.15, 0.2) is 42.7 Å². The van der Waals surface area contributed by atoms with Gasteiger partial charge in [0.05, 0.1) is 11.1 Å². The summed E-state index contributed by atoms with van der Waals surface area (Å²) < 4.78 is 46.8. The van der Waals surface area contributed by atoms with Crippen molar-refractivity contribution in [3.63, 3.8) is 0 Å². The highest BCUT2D eigenvalue weighted by Crippen LogP contribution is 2.35. The number of carbonyl (C=O) groups excluding carboxylic acids is 1. The number of halogens is 4. The van der Waals surface area contributed by atoms with E-state index in [0.29, 0.717) is 28.8 Å². The molecule has 1 aliphatic rings. The first-order chi connectivity index (χ1) is 15.7. The number of alkyl halides is 3. The summed E-state index contributed by atoms with van der Waals surface area (Å²) in [5.41, 5.74) is 6.16. The Kier molecular flexibility index (Phi) is 6.43. The van der Waals surface area contributed by atoms with Crippen molar-refractivity contribution in [3.05, 3.63) is 53.3 Å².